The minimum absolute atomic E-state index is 0.910. The molecular weight excluding hydrogens is 222 g/mol. The molecule has 0 saturated carbocycles. The molecule has 0 aliphatic heterocycles. The van der Waals surface area contributed by atoms with Crippen LogP contribution in [0, 0.1) is 0 Å². The van der Waals surface area contributed by atoms with Gasteiger partial charge in [-0.1, -0.05) is 62.5 Å². The van der Waals surface area contributed by atoms with Gasteiger partial charge in [0, 0.05) is 13.6 Å². The van der Waals surface area contributed by atoms with E-state index in [0.29, 0.717) is 0 Å². The van der Waals surface area contributed by atoms with Crippen LogP contribution in [0.1, 0.15) is 45.4 Å². The summed E-state index contributed by atoms with van der Waals surface area (Å²) < 4.78 is 0. The smallest absolute Gasteiger partial charge is 0.0874 e. The molecule has 0 spiro atoms. The van der Waals surface area contributed by atoms with E-state index in [9.17, 15) is 0 Å². The van der Waals surface area contributed by atoms with Gasteiger partial charge in [0.1, 0.15) is 0 Å². The molecule has 0 aliphatic rings. The third kappa shape index (κ3) is 7.05. The zero-order valence-corrected chi connectivity index (χ0v) is 11.7. The Morgan fingerprint density at radius 2 is 1.61 bits per heavy atom. The summed E-state index contributed by atoms with van der Waals surface area (Å²) in [4.78, 5) is 0. The Labute approximate surface area is 111 Å². The lowest BCUT2D eigenvalue weighted by Gasteiger charge is -2.10. The Bertz CT molecular complexity index is 322. The molecule has 0 N–H and O–H groups in total. The van der Waals surface area contributed by atoms with Crippen LogP contribution in [0.3, 0.4) is 0 Å². The van der Waals surface area contributed by atoms with Crippen molar-refractivity contribution in [3.8, 4) is 0 Å². The number of hydrogen-bond acceptors (Lipinski definition) is 2. The molecule has 0 unspecified atom stereocenters. The summed E-state index contributed by atoms with van der Waals surface area (Å²) in [7, 11) is 1.98. The first-order chi connectivity index (χ1) is 8.83. The van der Waals surface area contributed by atoms with E-state index in [-0.39, 0.29) is 0 Å². The molecule has 0 atom stereocenters. The zero-order valence-electron chi connectivity index (χ0n) is 11.7. The van der Waals surface area contributed by atoms with Crippen LogP contribution >= 0.6 is 0 Å². The fraction of sp³-hybridized carbons (Fsp3) is 0.600. The van der Waals surface area contributed by atoms with Crippen molar-refractivity contribution in [3.05, 3.63) is 30.3 Å². The molecule has 0 aliphatic carbocycles. The molecule has 0 amide bonds. The molecule has 1 aromatic carbocycles. The lowest BCUT2D eigenvalue weighted by Crippen LogP contribution is -2.11. The van der Waals surface area contributed by atoms with Gasteiger partial charge in [0.25, 0.3) is 0 Å². The highest BCUT2D eigenvalue weighted by Crippen LogP contribution is 2.11. The zero-order chi connectivity index (χ0) is 13.1. The molecular formula is C15H25N3. The Morgan fingerprint density at radius 1 is 0.944 bits per heavy atom. The highest BCUT2D eigenvalue weighted by molar-refractivity contribution is 5.34. The van der Waals surface area contributed by atoms with Crippen molar-refractivity contribution in [3.63, 3.8) is 0 Å². The molecule has 0 saturated heterocycles. The summed E-state index contributed by atoms with van der Waals surface area (Å²) in [5, 5.41) is 10.3. The minimum Gasteiger partial charge on any atom is -0.282 e. The van der Waals surface area contributed by atoms with Gasteiger partial charge in [-0.2, -0.15) is 0 Å². The number of unbranched alkanes of at least 4 members (excludes halogenated alkanes) is 5. The Balaban J connectivity index is 2.10. The Kier molecular flexibility index (Phi) is 7.85. The molecule has 3 heteroatoms. The molecule has 0 heterocycles. The first-order valence-electron chi connectivity index (χ1n) is 7.00. The van der Waals surface area contributed by atoms with E-state index in [2.05, 4.69) is 17.3 Å². The van der Waals surface area contributed by atoms with Gasteiger partial charge in [0.2, 0.25) is 0 Å². The molecule has 0 aromatic heterocycles. The summed E-state index contributed by atoms with van der Waals surface area (Å²) >= 11 is 0. The molecule has 1 rings (SSSR count). The maximum Gasteiger partial charge on any atom is 0.0874 e. The predicted molar refractivity (Wildman–Crippen MR) is 77.0 cm³/mol. The van der Waals surface area contributed by atoms with Crippen molar-refractivity contribution in [2.75, 3.05) is 13.6 Å². The monoisotopic (exact) mass is 247 g/mol. The summed E-state index contributed by atoms with van der Waals surface area (Å²) in [5.41, 5.74) is 0.910. The van der Waals surface area contributed by atoms with Crippen molar-refractivity contribution >= 4 is 5.69 Å². The van der Waals surface area contributed by atoms with Crippen LogP contribution in [0.25, 0.3) is 0 Å². The highest BCUT2D eigenvalue weighted by atomic mass is 15.5. The average molecular weight is 247 g/mol. The first-order valence-corrected chi connectivity index (χ1v) is 7.00. The third-order valence-electron chi connectivity index (χ3n) is 2.90. The summed E-state index contributed by atoms with van der Waals surface area (Å²) in [5.74, 6) is 0. The van der Waals surface area contributed by atoms with Gasteiger partial charge in [0.15, 0.2) is 0 Å². The minimum atomic E-state index is 0.910. The van der Waals surface area contributed by atoms with E-state index >= 15 is 0 Å². The number of rotatable bonds is 9. The van der Waals surface area contributed by atoms with Crippen molar-refractivity contribution < 1.29 is 0 Å². The predicted octanol–water partition coefficient (Wildman–Crippen LogP) is 4.98. The van der Waals surface area contributed by atoms with Gasteiger partial charge in [-0.3, -0.25) is 5.01 Å². The normalized spacial score (nSPS) is 11.0. The first kappa shape index (κ1) is 14.7. The second kappa shape index (κ2) is 9.63. The van der Waals surface area contributed by atoms with Crippen LogP contribution in [-0.2, 0) is 0 Å². The second-order valence-corrected chi connectivity index (χ2v) is 4.67. The quantitative estimate of drug-likeness (QED) is 0.343. The van der Waals surface area contributed by atoms with Crippen LogP contribution in [0.4, 0.5) is 5.69 Å². The van der Waals surface area contributed by atoms with Crippen molar-refractivity contribution in [2.24, 2.45) is 10.3 Å². The maximum atomic E-state index is 4.19. The standard InChI is InChI=1S/C15H25N3/c1-3-4-5-6-7-11-14-18(2)17-16-15-12-9-8-10-13-15/h8-10,12-13H,3-7,11,14H2,1-2H3. The van der Waals surface area contributed by atoms with Gasteiger partial charge < -0.3 is 0 Å². The molecule has 0 fully saturated rings. The van der Waals surface area contributed by atoms with Crippen LogP contribution in [-0.4, -0.2) is 18.6 Å². The third-order valence-corrected chi connectivity index (χ3v) is 2.90. The van der Waals surface area contributed by atoms with Crippen LogP contribution in [0.5, 0.6) is 0 Å². The van der Waals surface area contributed by atoms with Gasteiger partial charge >= 0.3 is 0 Å². The van der Waals surface area contributed by atoms with Crippen LogP contribution in [0.2, 0.25) is 0 Å². The highest BCUT2D eigenvalue weighted by Gasteiger charge is 1.94. The fourth-order valence-corrected chi connectivity index (χ4v) is 1.79. The summed E-state index contributed by atoms with van der Waals surface area (Å²) in [6.45, 7) is 3.24. The summed E-state index contributed by atoms with van der Waals surface area (Å²) in [6.07, 6.45) is 7.89. The molecule has 100 valence electrons. The number of nitrogens with zero attached hydrogens (tertiary/aromatic N) is 3. The van der Waals surface area contributed by atoms with Gasteiger partial charge in [0.05, 0.1) is 5.69 Å². The van der Waals surface area contributed by atoms with E-state index in [1.807, 2.05) is 42.4 Å². The second-order valence-electron chi connectivity index (χ2n) is 4.67. The lowest BCUT2D eigenvalue weighted by atomic mass is 10.1. The van der Waals surface area contributed by atoms with E-state index in [1.54, 1.807) is 0 Å². The van der Waals surface area contributed by atoms with E-state index in [4.69, 9.17) is 0 Å². The van der Waals surface area contributed by atoms with Crippen molar-refractivity contribution in [1.82, 2.24) is 5.01 Å². The number of benzene rings is 1. The molecule has 18 heavy (non-hydrogen) atoms. The molecule has 1 aromatic rings. The van der Waals surface area contributed by atoms with E-state index in [0.717, 1.165) is 12.2 Å². The van der Waals surface area contributed by atoms with Gasteiger partial charge in [-0.05, 0) is 18.6 Å². The van der Waals surface area contributed by atoms with Crippen molar-refractivity contribution in [1.29, 1.82) is 0 Å². The van der Waals surface area contributed by atoms with E-state index < -0.39 is 0 Å². The molecule has 0 radical (unpaired) electrons. The maximum absolute atomic E-state index is 4.19. The van der Waals surface area contributed by atoms with Crippen LogP contribution < -0.4 is 0 Å². The Hall–Kier alpha value is -1.38. The number of hydrogen-bond donors (Lipinski definition) is 0. The molecule has 0 bridgehead atoms. The van der Waals surface area contributed by atoms with Gasteiger partial charge in [-0.15, -0.1) is 5.11 Å². The van der Waals surface area contributed by atoms with Crippen molar-refractivity contribution in [2.45, 2.75) is 45.4 Å². The molecule has 3 nitrogen and oxygen atoms in total. The summed E-state index contributed by atoms with van der Waals surface area (Å²) in [6, 6.07) is 9.85. The van der Waals surface area contributed by atoms with Crippen LogP contribution in [0.15, 0.2) is 40.7 Å². The average Bonchev–Trinajstić information content (AvgIpc) is 2.41. The lowest BCUT2D eigenvalue weighted by molar-refractivity contribution is 0.321. The van der Waals surface area contributed by atoms with Gasteiger partial charge in [-0.25, -0.2) is 0 Å². The SMILES string of the molecule is CCCCCCCCN(C)N=Nc1ccccc1. The van der Waals surface area contributed by atoms with E-state index in [1.165, 1.54) is 38.5 Å². The Morgan fingerprint density at radius 3 is 2.33 bits per heavy atom. The topological polar surface area (TPSA) is 28.0 Å². The fourth-order valence-electron chi connectivity index (χ4n) is 1.79. The largest absolute Gasteiger partial charge is 0.282 e.